The van der Waals surface area contributed by atoms with E-state index >= 15 is 0 Å². The summed E-state index contributed by atoms with van der Waals surface area (Å²) < 4.78 is 112. The van der Waals surface area contributed by atoms with Gasteiger partial charge in [0.05, 0.1) is 11.6 Å². The quantitative estimate of drug-likeness (QED) is 0.0696. The van der Waals surface area contributed by atoms with Crippen LogP contribution >= 0.6 is 11.6 Å². The Kier molecular flexibility index (Phi) is 7.84. The van der Waals surface area contributed by atoms with Gasteiger partial charge in [-0.25, -0.2) is 18.2 Å². The van der Waals surface area contributed by atoms with E-state index in [1.54, 1.807) is 33.0 Å². The number of aromatic nitrogens is 4. The summed E-state index contributed by atoms with van der Waals surface area (Å²) in [5, 5.41) is 6.76. The van der Waals surface area contributed by atoms with Gasteiger partial charge in [0.25, 0.3) is 0 Å². The minimum Gasteiger partial charge on any atom is -0.483 e. The van der Waals surface area contributed by atoms with Crippen LogP contribution in [0, 0.1) is 42.9 Å². The zero-order valence-corrected chi connectivity index (χ0v) is 24.5. The van der Waals surface area contributed by atoms with E-state index < -0.39 is 67.0 Å². The maximum atomic E-state index is 14.2. The summed E-state index contributed by atoms with van der Waals surface area (Å²) in [6, 6.07) is 5.34. The van der Waals surface area contributed by atoms with E-state index in [1.165, 1.54) is 17.9 Å². The third-order valence-corrected chi connectivity index (χ3v) is 7.72. The van der Waals surface area contributed by atoms with Crippen LogP contribution in [0.4, 0.5) is 22.0 Å². The molecule has 0 radical (unpaired) electrons. The first kappa shape index (κ1) is 30.9. The first-order valence-electron chi connectivity index (χ1n) is 12.3. The highest BCUT2D eigenvalue weighted by atomic mass is 35.5. The molecule has 3 aromatic heterocycles. The SMILES string of the molecule is Cc1cc([C@@H](C)Oc2ccc(Cl)nc2S(=O)(=O)Oc2c(F)c(F)c(F)c(F)c2F)c2oc(-c3cnn(C)n3)c(C)c(=O)c2c1. The summed E-state index contributed by atoms with van der Waals surface area (Å²) in [6.45, 7) is 4.71. The third kappa shape index (κ3) is 5.34. The van der Waals surface area contributed by atoms with Gasteiger partial charge in [0, 0.05) is 18.2 Å². The minimum atomic E-state index is -5.44. The number of halogens is 6. The highest BCUT2D eigenvalue weighted by molar-refractivity contribution is 7.87. The van der Waals surface area contributed by atoms with Gasteiger partial charge in [0.2, 0.25) is 39.9 Å². The second kappa shape index (κ2) is 11.2. The monoisotopic (exact) mass is 656 g/mol. The van der Waals surface area contributed by atoms with E-state index in [0.29, 0.717) is 5.56 Å². The molecule has 0 aliphatic carbocycles. The van der Waals surface area contributed by atoms with Crippen LogP contribution in [-0.2, 0) is 17.2 Å². The lowest BCUT2D eigenvalue weighted by molar-refractivity contribution is 0.218. The second-order valence-corrected chi connectivity index (χ2v) is 11.3. The lowest BCUT2D eigenvalue weighted by atomic mass is 10.0. The summed E-state index contributed by atoms with van der Waals surface area (Å²) in [6.07, 6.45) is 0.287. The number of aryl methyl sites for hydroxylation is 2. The number of rotatable bonds is 7. The summed E-state index contributed by atoms with van der Waals surface area (Å²) in [7, 11) is -3.86. The average molecular weight is 657 g/mol. The molecule has 230 valence electrons. The average Bonchev–Trinajstić information content (AvgIpc) is 3.41. The van der Waals surface area contributed by atoms with Gasteiger partial charge in [0.1, 0.15) is 22.5 Å². The van der Waals surface area contributed by atoms with Gasteiger partial charge in [-0.2, -0.15) is 32.2 Å². The van der Waals surface area contributed by atoms with Crippen LogP contribution in [0.25, 0.3) is 22.4 Å². The van der Waals surface area contributed by atoms with Crippen LogP contribution in [0.1, 0.15) is 29.7 Å². The van der Waals surface area contributed by atoms with Crippen molar-refractivity contribution in [2.24, 2.45) is 7.05 Å². The van der Waals surface area contributed by atoms with Crippen LogP contribution in [0.3, 0.4) is 0 Å². The second-order valence-electron chi connectivity index (χ2n) is 9.47. The van der Waals surface area contributed by atoms with Crippen molar-refractivity contribution in [3.8, 4) is 23.0 Å². The van der Waals surface area contributed by atoms with Gasteiger partial charge in [0.15, 0.2) is 16.9 Å². The van der Waals surface area contributed by atoms with E-state index in [1.807, 2.05) is 0 Å². The Balaban J connectivity index is 1.60. The fourth-order valence-electron chi connectivity index (χ4n) is 4.30. The molecule has 5 rings (SSSR count). The van der Waals surface area contributed by atoms with Gasteiger partial charge in [-0.15, -0.1) is 0 Å². The van der Waals surface area contributed by atoms with Crippen molar-refractivity contribution in [2.75, 3.05) is 0 Å². The zero-order valence-electron chi connectivity index (χ0n) is 22.9. The molecule has 44 heavy (non-hydrogen) atoms. The molecule has 3 heterocycles. The molecule has 0 aliphatic rings. The van der Waals surface area contributed by atoms with Gasteiger partial charge in [-0.3, -0.25) is 4.79 Å². The number of ether oxygens (including phenoxy) is 1. The highest BCUT2D eigenvalue weighted by Gasteiger charge is 2.34. The van der Waals surface area contributed by atoms with Crippen LogP contribution in [-0.4, -0.2) is 28.4 Å². The van der Waals surface area contributed by atoms with Gasteiger partial charge < -0.3 is 13.3 Å². The smallest absolute Gasteiger partial charge is 0.360 e. The fraction of sp³-hybridized carbons (Fsp3) is 0.185. The molecule has 0 unspecified atom stereocenters. The van der Waals surface area contributed by atoms with E-state index in [2.05, 4.69) is 19.4 Å². The first-order valence-corrected chi connectivity index (χ1v) is 14.1. The standard InChI is InChI=1S/C27H18ClF5N4O6S/c1-10-7-13(25-14(8-10)23(38)11(2)24(42-25)15-9-34-37(4)36-15)12(3)41-16-5-6-17(28)35-27(16)44(39,40)43-26-21(32)19(30)18(29)20(31)22(26)33/h5-9,12H,1-4H3/t12-/m1/s1. The summed E-state index contributed by atoms with van der Waals surface area (Å²) in [5.41, 5.74) is 1.09. The maximum absolute atomic E-state index is 14.2. The van der Waals surface area contributed by atoms with Gasteiger partial charge in [-0.1, -0.05) is 11.6 Å². The molecular formula is C27H18ClF5N4O6S. The molecule has 0 aliphatic heterocycles. The molecule has 1 atom stereocenters. The van der Waals surface area contributed by atoms with Crippen molar-refractivity contribution in [1.29, 1.82) is 0 Å². The molecule has 0 bridgehead atoms. The van der Waals surface area contributed by atoms with Crippen LogP contribution < -0.4 is 14.3 Å². The molecule has 0 fully saturated rings. The molecule has 17 heteroatoms. The summed E-state index contributed by atoms with van der Waals surface area (Å²) in [4.78, 5) is 18.2. The Morgan fingerprint density at radius 1 is 1.00 bits per heavy atom. The molecule has 0 amide bonds. The van der Waals surface area contributed by atoms with Crippen molar-refractivity contribution in [2.45, 2.75) is 31.9 Å². The summed E-state index contributed by atoms with van der Waals surface area (Å²) in [5.74, 6) is -15.0. The number of benzene rings is 2. The molecule has 10 nitrogen and oxygen atoms in total. The number of fused-ring (bicyclic) bond motifs is 1. The van der Waals surface area contributed by atoms with E-state index in [9.17, 15) is 35.2 Å². The normalized spacial score (nSPS) is 12.5. The van der Waals surface area contributed by atoms with Crippen LogP contribution in [0.2, 0.25) is 5.15 Å². The first-order chi connectivity index (χ1) is 20.6. The molecule has 0 saturated heterocycles. The molecule has 0 spiro atoms. The predicted octanol–water partition coefficient (Wildman–Crippen LogP) is 5.86. The zero-order chi connectivity index (χ0) is 32.2. The van der Waals surface area contributed by atoms with Gasteiger partial charge in [-0.05, 0) is 50.6 Å². The van der Waals surface area contributed by atoms with Crippen LogP contribution in [0.5, 0.6) is 11.5 Å². The molecule has 5 aromatic rings. The minimum absolute atomic E-state index is 0.0725. The number of hydrogen-bond acceptors (Lipinski definition) is 9. The van der Waals surface area contributed by atoms with Crippen molar-refractivity contribution in [3.63, 3.8) is 0 Å². The Morgan fingerprint density at radius 3 is 2.25 bits per heavy atom. The Morgan fingerprint density at radius 2 is 1.64 bits per heavy atom. The maximum Gasteiger partial charge on any atom is 0.360 e. The van der Waals surface area contributed by atoms with Crippen molar-refractivity contribution < 1.29 is 43.7 Å². The number of pyridine rings is 1. The van der Waals surface area contributed by atoms with Crippen molar-refractivity contribution in [3.05, 3.63) is 91.6 Å². The van der Waals surface area contributed by atoms with Crippen molar-refractivity contribution >= 4 is 32.7 Å². The Labute approximate surface area is 249 Å². The van der Waals surface area contributed by atoms with Gasteiger partial charge >= 0.3 is 10.1 Å². The van der Waals surface area contributed by atoms with Crippen molar-refractivity contribution in [1.82, 2.24) is 20.0 Å². The molecule has 0 N–H and O–H groups in total. The van der Waals surface area contributed by atoms with E-state index in [0.717, 1.165) is 12.1 Å². The molecular weight excluding hydrogens is 639 g/mol. The lowest BCUT2D eigenvalue weighted by Crippen LogP contribution is -2.18. The number of nitrogens with zero attached hydrogens (tertiary/aromatic N) is 4. The fourth-order valence-corrected chi connectivity index (χ4v) is 5.51. The van der Waals surface area contributed by atoms with Crippen LogP contribution in [0.15, 0.2) is 44.7 Å². The van der Waals surface area contributed by atoms with E-state index in [-0.39, 0.29) is 39.0 Å². The Bertz CT molecular complexity index is 2130. The largest absolute Gasteiger partial charge is 0.483 e. The lowest BCUT2D eigenvalue weighted by Gasteiger charge is -2.19. The molecule has 2 aromatic carbocycles. The third-order valence-electron chi connectivity index (χ3n) is 6.36. The number of hydrogen-bond donors (Lipinski definition) is 0. The highest BCUT2D eigenvalue weighted by Crippen LogP contribution is 2.36. The topological polar surface area (TPSA) is 126 Å². The van der Waals surface area contributed by atoms with E-state index in [4.69, 9.17) is 20.8 Å². The summed E-state index contributed by atoms with van der Waals surface area (Å²) >= 11 is 5.85. The predicted molar refractivity (Wildman–Crippen MR) is 144 cm³/mol. The molecule has 0 saturated carbocycles. The Hall–Kier alpha value is -4.57.